The van der Waals surface area contributed by atoms with Crippen molar-refractivity contribution < 1.29 is 4.74 Å². The Balaban J connectivity index is 1.15. The van der Waals surface area contributed by atoms with Gasteiger partial charge < -0.3 is 4.74 Å². The molecular weight excluding hydrogens is 709 g/mol. The number of ether oxygens (including phenoxy) is 1. The first-order valence-corrected chi connectivity index (χ1v) is 19.6. The van der Waals surface area contributed by atoms with Crippen LogP contribution >= 0.6 is 0 Å². The van der Waals surface area contributed by atoms with E-state index >= 15 is 0 Å². The normalized spacial score (nSPS) is 15.3. The Kier molecular flexibility index (Phi) is 7.84. The quantitative estimate of drug-likeness (QED) is 0.176. The Hall–Kier alpha value is -7.68. The first-order valence-electron chi connectivity index (χ1n) is 19.6. The SMILES string of the molecule is N#CC1=CCC(c2ccc(-c3cccc4c3-c3cc(-c5nc(-c6ccccc6)nc(-c6ccccc6)n5)ccc3C43c4ccccc4Oc4ccccc43)cc2)C=C1. The van der Waals surface area contributed by atoms with Crippen LogP contribution in [0.3, 0.4) is 0 Å². The molecule has 58 heavy (non-hydrogen) atoms. The summed E-state index contributed by atoms with van der Waals surface area (Å²) in [5, 5.41) is 9.37. The molecule has 1 atom stereocenters. The van der Waals surface area contributed by atoms with E-state index in [-0.39, 0.29) is 5.92 Å². The molecule has 1 unspecified atom stereocenters. The van der Waals surface area contributed by atoms with Crippen LogP contribution in [0.2, 0.25) is 0 Å². The molecule has 7 aromatic carbocycles. The van der Waals surface area contributed by atoms with Crippen molar-refractivity contribution in [3.05, 3.63) is 221 Å². The van der Waals surface area contributed by atoms with Gasteiger partial charge in [0.2, 0.25) is 0 Å². The standard InChI is InChI=1S/C53H34N4O/c54-33-34-22-24-35(25-23-34)36-26-28-37(29-27-36)41-16-11-19-46-49(41)42-32-40(52-56-50(38-12-3-1-4-13-38)55-51(57-52)39-14-5-2-6-15-39)30-31-43(42)53(46)44-17-7-9-20-47(44)58-48-21-10-8-18-45(48)53/h1-24,26-32,35H,25H2. The number of hydrogen-bond donors (Lipinski definition) is 0. The van der Waals surface area contributed by atoms with Crippen molar-refractivity contribution in [2.24, 2.45) is 0 Å². The van der Waals surface area contributed by atoms with E-state index in [0.717, 1.165) is 68.0 Å². The molecule has 0 saturated heterocycles. The first-order chi connectivity index (χ1) is 28.7. The van der Waals surface area contributed by atoms with Crippen LogP contribution in [-0.4, -0.2) is 15.0 Å². The van der Waals surface area contributed by atoms with Crippen molar-refractivity contribution in [2.45, 2.75) is 17.8 Å². The summed E-state index contributed by atoms with van der Waals surface area (Å²) >= 11 is 0. The number of allylic oxidation sites excluding steroid dienone is 4. The maximum Gasteiger partial charge on any atom is 0.164 e. The summed E-state index contributed by atoms with van der Waals surface area (Å²) in [6.07, 6.45) is 6.91. The van der Waals surface area contributed by atoms with Crippen molar-refractivity contribution in [3.63, 3.8) is 0 Å². The van der Waals surface area contributed by atoms with Gasteiger partial charge in [-0.05, 0) is 69.6 Å². The van der Waals surface area contributed by atoms with Gasteiger partial charge in [0.15, 0.2) is 17.5 Å². The average molecular weight is 743 g/mol. The maximum absolute atomic E-state index is 9.37. The Labute approximate surface area is 337 Å². The summed E-state index contributed by atoms with van der Waals surface area (Å²) in [5.41, 5.74) is 13.3. The predicted octanol–water partition coefficient (Wildman–Crippen LogP) is 12.5. The molecule has 272 valence electrons. The molecule has 0 amide bonds. The van der Waals surface area contributed by atoms with Gasteiger partial charge in [-0.2, -0.15) is 5.26 Å². The van der Waals surface area contributed by atoms with E-state index in [0.29, 0.717) is 17.5 Å². The van der Waals surface area contributed by atoms with Gasteiger partial charge in [0.1, 0.15) is 11.5 Å². The Bertz CT molecular complexity index is 2910. The van der Waals surface area contributed by atoms with E-state index in [1.807, 2.05) is 84.9 Å². The smallest absolute Gasteiger partial charge is 0.164 e. The molecule has 2 heterocycles. The second-order valence-electron chi connectivity index (χ2n) is 15.0. The highest BCUT2D eigenvalue weighted by molar-refractivity contribution is 5.97. The zero-order valence-electron chi connectivity index (χ0n) is 31.4. The van der Waals surface area contributed by atoms with Crippen LogP contribution in [0, 0.1) is 11.3 Å². The monoisotopic (exact) mass is 742 g/mol. The second-order valence-corrected chi connectivity index (χ2v) is 15.0. The zero-order valence-corrected chi connectivity index (χ0v) is 31.4. The number of para-hydroxylation sites is 2. The van der Waals surface area contributed by atoms with Gasteiger partial charge in [-0.1, -0.05) is 164 Å². The van der Waals surface area contributed by atoms with Crippen LogP contribution in [0.4, 0.5) is 0 Å². The van der Waals surface area contributed by atoms with Crippen molar-refractivity contribution in [1.82, 2.24) is 15.0 Å². The summed E-state index contributed by atoms with van der Waals surface area (Å²) in [6.45, 7) is 0. The third-order valence-corrected chi connectivity index (χ3v) is 11.8. The van der Waals surface area contributed by atoms with Crippen LogP contribution in [0.5, 0.6) is 11.5 Å². The van der Waals surface area contributed by atoms with E-state index in [1.54, 1.807) is 0 Å². The molecule has 1 spiro atoms. The minimum atomic E-state index is -0.633. The molecule has 2 aliphatic carbocycles. The van der Waals surface area contributed by atoms with Crippen LogP contribution in [0.15, 0.2) is 194 Å². The average Bonchev–Trinajstić information content (AvgIpc) is 3.59. The number of rotatable bonds is 5. The fourth-order valence-electron chi connectivity index (χ4n) is 9.13. The van der Waals surface area contributed by atoms with Gasteiger partial charge in [0, 0.05) is 39.3 Å². The molecule has 0 saturated carbocycles. The van der Waals surface area contributed by atoms with E-state index in [1.165, 1.54) is 22.3 Å². The summed E-state index contributed by atoms with van der Waals surface area (Å²) in [7, 11) is 0. The number of nitriles is 1. The van der Waals surface area contributed by atoms with Gasteiger partial charge in [-0.15, -0.1) is 0 Å². The number of fused-ring (bicyclic) bond motifs is 9. The van der Waals surface area contributed by atoms with Crippen molar-refractivity contribution in [2.75, 3.05) is 0 Å². The Morgan fingerprint density at radius 2 is 1.09 bits per heavy atom. The predicted molar refractivity (Wildman–Crippen MR) is 229 cm³/mol. The van der Waals surface area contributed by atoms with E-state index in [4.69, 9.17) is 19.7 Å². The lowest BCUT2D eigenvalue weighted by molar-refractivity contribution is 0.436. The van der Waals surface area contributed by atoms with E-state index in [2.05, 4.69) is 109 Å². The lowest BCUT2D eigenvalue weighted by Gasteiger charge is -2.39. The first kappa shape index (κ1) is 33.6. The fraction of sp³-hybridized carbons (Fsp3) is 0.0566. The van der Waals surface area contributed by atoms with Crippen LogP contribution in [-0.2, 0) is 5.41 Å². The molecule has 8 aromatic rings. The highest BCUT2D eigenvalue weighted by Crippen LogP contribution is 2.63. The Morgan fingerprint density at radius 3 is 1.69 bits per heavy atom. The van der Waals surface area contributed by atoms with Crippen molar-refractivity contribution in [1.29, 1.82) is 5.26 Å². The van der Waals surface area contributed by atoms with E-state index in [9.17, 15) is 5.26 Å². The summed E-state index contributed by atoms with van der Waals surface area (Å²) in [6, 6.07) is 61.8. The lowest BCUT2D eigenvalue weighted by Crippen LogP contribution is -2.32. The van der Waals surface area contributed by atoms with Gasteiger partial charge in [-0.25, -0.2) is 15.0 Å². The number of aromatic nitrogens is 3. The summed E-state index contributed by atoms with van der Waals surface area (Å²) in [4.78, 5) is 15.2. The highest BCUT2D eigenvalue weighted by Gasteiger charge is 2.51. The molecule has 11 rings (SSSR count). The zero-order chi connectivity index (χ0) is 38.6. The number of hydrogen-bond acceptors (Lipinski definition) is 5. The summed E-state index contributed by atoms with van der Waals surface area (Å²) in [5.74, 6) is 3.80. The molecule has 1 aliphatic heterocycles. The fourth-order valence-corrected chi connectivity index (χ4v) is 9.13. The second kappa shape index (κ2) is 13.5. The highest BCUT2D eigenvalue weighted by atomic mass is 16.5. The minimum absolute atomic E-state index is 0.233. The van der Waals surface area contributed by atoms with Gasteiger partial charge >= 0.3 is 0 Å². The molecule has 5 nitrogen and oxygen atoms in total. The third-order valence-electron chi connectivity index (χ3n) is 11.8. The molecule has 0 radical (unpaired) electrons. The largest absolute Gasteiger partial charge is 0.457 e. The summed E-state index contributed by atoms with van der Waals surface area (Å²) < 4.78 is 6.64. The van der Waals surface area contributed by atoms with Crippen molar-refractivity contribution >= 4 is 0 Å². The van der Waals surface area contributed by atoms with Crippen LogP contribution in [0.25, 0.3) is 56.4 Å². The number of nitrogens with zero attached hydrogens (tertiary/aromatic N) is 4. The molecule has 0 fully saturated rings. The van der Waals surface area contributed by atoms with Gasteiger partial charge in [0.05, 0.1) is 11.5 Å². The molecule has 3 aliphatic rings. The van der Waals surface area contributed by atoms with E-state index < -0.39 is 5.41 Å². The van der Waals surface area contributed by atoms with Crippen LogP contribution < -0.4 is 4.74 Å². The van der Waals surface area contributed by atoms with Crippen LogP contribution in [0.1, 0.15) is 40.2 Å². The Morgan fingerprint density at radius 1 is 0.517 bits per heavy atom. The van der Waals surface area contributed by atoms with Gasteiger partial charge in [-0.3, -0.25) is 0 Å². The molecule has 1 aromatic heterocycles. The maximum atomic E-state index is 9.37. The molecule has 0 N–H and O–H groups in total. The number of benzene rings is 7. The molecule has 5 heteroatoms. The molecule has 0 bridgehead atoms. The van der Waals surface area contributed by atoms with Gasteiger partial charge in [0.25, 0.3) is 0 Å². The minimum Gasteiger partial charge on any atom is -0.457 e. The topological polar surface area (TPSA) is 71.7 Å². The van der Waals surface area contributed by atoms with Crippen molar-refractivity contribution in [3.8, 4) is 74.0 Å². The molecular formula is C53H34N4O. The lowest BCUT2D eigenvalue weighted by atomic mass is 9.66. The third kappa shape index (κ3) is 5.27.